The summed E-state index contributed by atoms with van der Waals surface area (Å²) in [6.07, 6.45) is 2.25. The van der Waals surface area contributed by atoms with E-state index in [0.29, 0.717) is 17.4 Å². The molecule has 0 spiro atoms. The minimum Gasteiger partial charge on any atom is -0.369 e. The molecule has 0 radical (unpaired) electrons. The topological polar surface area (TPSA) is 85.9 Å². The standard InChI is InChI=1S/C23H24FN5O3S2.H2/c24-17-1-3-18(4-2-17)27-12-14-28(15-13-27)21-9-11-29(22(21)30)19-5-7-20(8-6-19)34(31,32)26-23-25-10-16-33-23;/h1-8,10,16,21H,9,11-15H2,(H,25,26);1H/t21-;/m0./s1. The maximum atomic E-state index is 13.2. The number of nitrogens with one attached hydrogen (secondary N) is 1. The van der Waals surface area contributed by atoms with Crippen LogP contribution in [0.5, 0.6) is 0 Å². The van der Waals surface area contributed by atoms with Crippen molar-refractivity contribution in [2.45, 2.75) is 17.4 Å². The molecule has 2 saturated heterocycles. The van der Waals surface area contributed by atoms with Crippen molar-refractivity contribution in [3.05, 3.63) is 65.9 Å². The summed E-state index contributed by atoms with van der Waals surface area (Å²) in [6.45, 7) is 3.63. The van der Waals surface area contributed by atoms with Gasteiger partial charge in [0.25, 0.3) is 10.0 Å². The first-order chi connectivity index (χ1) is 16.4. The van der Waals surface area contributed by atoms with Crippen molar-refractivity contribution in [1.29, 1.82) is 0 Å². The number of carbonyl (C=O) groups excluding carboxylic acids is 1. The third-order valence-corrected chi connectivity index (χ3v) is 8.41. The van der Waals surface area contributed by atoms with E-state index in [1.54, 1.807) is 34.5 Å². The van der Waals surface area contributed by atoms with Crippen molar-refractivity contribution in [3.63, 3.8) is 0 Å². The van der Waals surface area contributed by atoms with Gasteiger partial charge in [0.15, 0.2) is 5.13 Å². The molecule has 11 heteroatoms. The Bertz CT molecular complexity index is 1250. The van der Waals surface area contributed by atoms with Gasteiger partial charge in [-0.25, -0.2) is 17.8 Å². The molecule has 1 atom stereocenters. The molecule has 3 heterocycles. The molecule has 1 aromatic heterocycles. The molecule has 8 nitrogen and oxygen atoms in total. The highest BCUT2D eigenvalue weighted by Crippen LogP contribution is 2.28. The largest absolute Gasteiger partial charge is 0.369 e. The summed E-state index contributed by atoms with van der Waals surface area (Å²) in [5.74, 6) is -0.216. The first-order valence-electron chi connectivity index (χ1n) is 11.0. The number of hydrogen-bond acceptors (Lipinski definition) is 7. The van der Waals surface area contributed by atoms with E-state index < -0.39 is 10.0 Å². The third-order valence-electron chi connectivity index (χ3n) is 6.24. The molecule has 180 valence electrons. The Kier molecular flexibility index (Phi) is 6.24. The lowest BCUT2D eigenvalue weighted by Gasteiger charge is -2.38. The van der Waals surface area contributed by atoms with Crippen molar-refractivity contribution in [3.8, 4) is 0 Å². The Morgan fingerprint density at radius 1 is 0.971 bits per heavy atom. The van der Waals surface area contributed by atoms with Crippen LogP contribution in [-0.4, -0.2) is 63.0 Å². The van der Waals surface area contributed by atoms with Gasteiger partial charge in [0.05, 0.1) is 10.9 Å². The highest BCUT2D eigenvalue weighted by Gasteiger charge is 2.37. The van der Waals surface area contributed by atoms with E-state index in [9.17, 15) is 17.6 Å². The fraction of sp³-hybridized carbons (Fsp3) is 0.304. The lowest BCUT2D eigenvalue weighted by atomic mass is 10.1. The van der Waals surface area contributed by atoms with E-state index in [2.05, 4.69) is 19.5 Å². The summed E-state index contributed by atoms with van der Waals surface area (Å²) < 4.78 is 40.7. The molecule has 3 aromatic rings. The lowest BCUT2D eigenvalue weighted by Crippen LogP contribution is -2.52. The zero-order chi connectivity index (χ0) is 23.7. The molecule has 1 amide bonds. The number of thiazole rings is 1. The van der Waals surface area contributed by atoms with Gasteiger partial charge in [0.2, 0.25) is 5.91 Å². The highest BCUT2D eigenvalue weighted by atomic mass is 32.2. The van der Waals surface area contributed by atoms with Crippen LogP contribution in [0.1, 0.15) is 7.85 Å². The van der Waals surface area contributed by atoms with Gasteiger partial charge in [0.1, 0.15) is 5.82 Å². The molecule has 0 aliphatic carbocycles. The van der Waals surface area contributed by atoms with Crippen molar-refractivity contribution in [1.82, 2.24) is 9.88 Å². The molecule has 0 unspecified atom stereocenters. The summed E-state index contributed by atoms with van der Waals surface area (Å²) in [4.78, 5) is 23.4. The second-order valence-electron chi connectivity index (χ2n) is 8.23. The van der Waals surface area contributed by atoms with Crippen LogP contribution >= 0.6 is 11.3 Å². The predicted molar refractivity (Wildman–Crippen MR) is 132 cm³/mol. The van der Waals surface area contributed by atoms with Gasteiger partial charge in [-0.05, 0) is 55.0 Å². The fourth-order valence-electron chi connectivity index (χ4n) is 4.46. The van der Waals surface area contributed by atoms with Gasteiger partial charge in [-0.1, -0.05) is 0 Å². The van der Waals surface area contributed by atoms with E-state index in [0.717, 1.165) is 38.3 Å². The van der Waals surface area contributed by atoms with Gasteiger partial charge >= 0.3 is 0 Å². The Hall–Kier alpha value is -3.02. The summed E-state index contributed by atoms with van der Waals surface area (Å²) >= 11 is 1.20. The Labute approximate surface area is 203 Å². The average Bonchev–Trinajstić information content (AvgIpc) is 3.49. The van der Waals surface area contributed by atoms with Crippen LogP contribution in [0.3, 0.4) is 0 Å². The number of hydrogen-bond donors (Lipinski definition) is 1. The van der Waals surface area contributed by atoms with Crippen molar-refractivity contribution < 1.29 is 19.0 Å². The number of sulfonamides is 1. The van der Waals surface area contributed by atoms with Crippen molar-refractivity contribution >= 4 is 43.8 Å². The van der Waals surface area contributed by atoms with Crippen LogP contribution in [0, 0.1) is 5.82 Å². The van der Waals surface area contributed by atoms with Gasteiger partial charge in [-0.3, -0.25) is 14.4 Å². The Morgan fingerprint density at radius 3 is 2.29 bits per heavy atom. The zero-order valence-corrected chi connectivity index (χ0v) is 19.9. The number of piperazine rings is 1. The molecule has 2 aliphatic heterocycles. The smallest absolute Gasteiger partial charge is 0.263 e. The SMILES string of the molecule is O=C1[C@@H](N2CCN(c3ccc(F)cc3)CC2)CCN1c1ccc(S(=O)(=O)Nc2nccs2)cc1.[HH]. The van der Waals surface area contributed by atoms with Crippen LogP contribution in [0.2, 0.25) is 0 Å². The minimum atomic E-state index is -3.73. The van der Waals surface area contributed by atoms with E-state index in [4.69, 9.17) is 0 Å². The fourth-order valence-corrected chi connectivity index (χ4v) is 6.25. The highest BCUT2D eigenvalue weighted by molar-refractivity contribution is 7.93. The summed E-state index contributed by atoms with van der Waals surface area (Å²) in [6, 6.07) is 12.7. The molecule has 2 fully saturated rings. The minimum absolute atomic E-state index is 0. The van der Waals surface area contributed by atoms with Gasteiger partial charge in [-0.2, -0.15) is 0 Å². The number of rotatable bonds is 6. The first kappa shape index (κ1) is 22.8. The van der Waals surface area contributed by atoms with Crippen LogP contribution in [0.15, 0.2) is 65.0 Å². The molecular weight excluding hydrogens is 477 g/mol. The van der Waals surface area contributed by atoms with E-state index in [1.807, 2.05) is 0 Å². The molecule has 0 saturated carbocycles. The maximum absolute atomic E-state index is 13.2. The zero-order valence-electron chi connectivity index (χ0n) is 18.3. The van der Waals surface area contributed by atoms with Crippen molar-refractivity contribution in [2.24, 2.45) is 0 Å². The van der Waals surface area contributed by atoms with Crippen LogP contribution in [0.4, 0.5) is 20.9 Å². The summed E-state index contributed by atoms with van der Waals surface area (Å²) in [7, 11) is -3.73. The van der Waals surface area contributed by atoms with Crippen LogP contribution in [-0.2, 0) is 14.8 Å². The molecule has 2 aliphatic rings. The van der Waals surface area contributed by atoms with Gasteiger partial charge < -0.3 is 9.80 Å². The number of amides is 1. The number of nitrogens with zero attached hydrogens (tertiary/aromatic N) is 4. The second kappa shape index (κ2) is 9.32. The maximum Gasteiger partial charge on any atom is 0.263 e. The third kappa shape index (κ3) is 4.63. The Morgan fingerprint density at radius 2 is 1.65 bits per heavy atom. The monoisotopic (exact) mass is 503 g/mol. The molecule has 5 rings (SSSR count). The molecule has 0 bridgehead atoms. The van der Waals surface area contributed by atoms with E-state index >= 15 is 0 Å². The molecule has 34 heavy (non-hydrogen) atoms. The second-order valence-corrected chi connectivity index (χ2v) is 10.8. The van der Waals surface area contributed by atoms with E-state index in [1.165, 1.54) is 41.8 Å². The number of anilines is 3. The molecule has 1 N–H and O–H groups in total. The van der Waals surface area contributed by atoms with Crippen LogP contribution < -0.4 is 14.5 Å². The van der Waals surface area contributed by atoms with Gasteiger partial charge in [0, 0.05) is 57.1 Å². The normalized spacial score (nSPS) is 19.6. The predicted octanol–water partition coefficient (Wildman–Crippen LogP) is 3.26. The first-order valence-corrected chi connectivity index (χ1v) is 13.4. The average molecular weight is 504 g/mol. The molecule has 2 aromatic carbocycles. The lowest BCUT2D eigenvalue weighted by molar-refractivity contribution is -0.121. The van der Waals surface area contributed by atoms with Gasteiger partial charge in [-0.15, -0.1) is 11.3 Å². The number of carbonyl (C=O) groups is 1. The number of aromatic nitrogens is 1. The van der Waals surface area contributed by atoms with Crippen LogP contribution in [0.25, 0.3) is 0 Å². The quantitative estimate of drug-likeness (QED) is 0.556. The summed E-state index contributed by atoms with van der Waals surface area (Å²) in [5.41, 5.74) is 1.67. The Balaban J connectivity index is 0.00000289. The number of halogens is 1. The number of benzene rings is 2. The van der Waals surface area contributed by atoms with Crippen molar-refractivity contribution in [2.75, 3.05) is 47.2 Å². The summed E-state index contributed by atoms with van der Waals surface area (Å²) in [5, 5.41) is 2.00. The van der Waals surface area contributed by atoms with E-state index in [-0.39, 0.29) is 24.1 Å². The molecular formula is C23H26FN5O3S2.